The standard InChI is InChI=1S/C12H11ClN2S2/c1-16-12-14-6-5-11(15-12)17-8-9-3-2-4-10(13)7-9/h2-7H,8H2,1H3. The largest absolute Gasteiger partial charge is 0.231 e. The van der Waals surface area contributed by atoms with Gasteiger partial charge in [0.2, 0.25) is 0 Å². The van der Waals surface area contributed by atoms with Crippen molar-refractivity contribution in [3.8, 4) is 0 Å². The van der Waals surface area contributed by atoms with Crippen molar-refractivity contribution in [3.63, 3.8) is 0 Å². The Hall–Kier alpha value is -0.710. The summed E-state index contributed by atoms with van der Waals surface area (Å²) in [6.07, 6.45) is 3.76. The highest BCUT2D eigenvalue weighted by atomic mass is 35.5. The Morgan fingerprint density at radius 2 is 2.18 bits per heavy atom. The van der Waals surface area contributed by atoms with Gasteiger partial charge >= 0.3 is 0 Å². The molecular weight excluding hydrogens is 272 g/mol. The van der Waals surface area contributed by atoms with E-state index >= 15 is 0 Å². The number of aromatic nitrogens is 2. The Bertz CT molecular complexity index is 505. The van der Waals surface area contributed by atoms with Crippen LogP contribution in [-0.2, 0) is 5.75 Å². The van der Waals surface area contributed by atoms with E-state index in [1.165, 1.54) is 5.56 Å². The summed E-state index contributed by atoms with van der Waals surface area (Å²) >= 11 is 9.18. The predicted molar refractivity (Wildman–Crippen MR) is 74.8 cm³/mol. The van der Waals surface area contributed by atoms with Crippen molar-refractivity contribution in [1.82, 2.24) is 9.97 Å². The predicted octanol–water partition coefficient (Wildman–Crippen LogP) is 4.14. The maximum Gasteiger partial charge on any atom is 0.188 e. The SMILES string of the molecule is CSc1nccc(SCc2cccc(Cl)c2)n1. The van der Waals surface area contributed by atoms with Gasteiger partial charge in [0.15, 0.2) is 5.16 Å². The van der Waals surface area contributed by atoms with Gasteiger partial charge in [-0.15, -0.1) is 11.8 Å². The third-order valence-corrected chi connectivity index (χ3v) is 3.86. The molecule has 0 bridgehead atoms. The first kappa shape index (κ1) is 12.7. The fraction of sp³-hybridized carbons (Fsp3) is 0.167. The summed E-state index contributed by atoms with van der Waals surface area (Å²) in [6, 6.07) is 9.81. The summed E-state index contributed by atoms with van der Waals surface area (Å²) in [6.45, 7) is 0. The van der Waals surface area contributed by atoms with E-state index in [1.54, 1.807) is 29.7 Å². The van der Waals surface area contributed by atoms with E-state index in [0.29, 0.717) is 0 Å². The van der Waals surface area contributed by atoms with E-state index < -0.39 is 0 Å². The van der Waals surface area contributed by atoms with E-state index in [0.717, 1.165) is 21.0 Å². The molecule has 0 radical (unpaired) electrons. The normalized spacial score (nSPS) is 10.5. The van der Waals surface area contributed by atoms with Gasteiger partial charge in [0.05, 0.1) is 0 Å². The molecule has 2 rings (SSSR count). The number of thioether (sulfide) groups is 2. The Balaban J connectivity index is 2.02. The van der Waals surface area contributed by atoms with Crippen LogP contribution in [-0.4, -0.2) is 16.2 Å². The molecular formula is C12H11ClN2S2. The van der Waals surface area contributed by atoms with E-state index in [4.69, 9.17) is 11.6 Å². The van der Waals surface area contributed by atoms with Gasteiger partial charge in [-0.05, 0) is 30.0 Å². The molecule has 0 aliphatic heterocycles. The van der Waals surface area contributed by atoms with Crippen LogP contribution in [0.15, 0.2) is 46.7 Å². The van der Waals surface area contributed by atoms with Crippen LogP contribution in [0.1, 0.15) is 5.56 Å². The van der Waals surface area contributed by atoms with E-state index in [-0.39, 0.29) is 0 Å². The fourth-order valence-corrected chi connectivity index (χ4v) is 2.72. The van der Waals surface area contributed by atoms with Crippen LogP contribution in [0, 0.1) is 0 Å². The van der Waals surface area contributed by atoms with Gasteiger partial charge in [0.1, 0.15) is 5.03 Å². The lowest BCUT2D eigenvalue weighted by atomic mass is 10.2. The Labute approximate surface area is 114 Å². The van der Waals surface area contributed by atoms with Crippen LogP contribution in [0.3, 0.4) is 0 Å². The average molecular weight is 283 g/mol. The molecule has 5 heteroatoms. The lowest BCUT2D eigenvalue weighted by Crippen LogP contribution is -1.88. The molecule has 0 fully saturated rings. The highest BCUT2D eigenvalue weighted by Gasteiger charge is 2.00. The smallest absolute Gasteiger partial charge is 0.188 e. The van der Waals surface area contributed by atoms with Crippen LogP contribution in [0.4, 0.5) is 0 Å². The molecule has 17 heavy (non-hydrogen) atoms. The molecule has 0 unspecified atom stereocenters. The fourth-order valence-electron chi connectivity index (χ4n) is 1.29. The van der Waals surface area contributed by atoms with Crippen molar-refractivity contribution in [3.05, 3.63) is 47.1 Å². The minimum Gasteiger partial charge on any atom is -0.231 e. The third kappa shape index (κ3) is 3.91. The quantitative estimate of drug-likeness (QED) is 0.478. The van der Waals surface area contributed by atoms with Gasteiger partial charge in [-0.2, -0.15) is 0 Å². The molecule has 0 amide bonds. The summed E-state index contributed by atoms with van der Waals surface area (Å²) in [7, 11) is 0. The van der Waals surface area contributed by atoms with Crippen molar-refractivity contribution >= 4 is 35.1 Å². The van der Waals surface area contributed by atoms with Gasteiger partial charge < -0.3 is 0 Å². The number of rotatable bonds is 4. The summed E-state index contributed by atoms with van der Waals surface area (Å²) < 4.78 is 0. The molecule has 2 nitrogen and oxygen atoms in total. The van der Waals surface area contributed by atoms with E-state index in [2.05, 4.69) is 16.0 Å². The zero-order valence-electron chi connectivity index (χ0n) is 9.26. The van der Waals surface area contributed by atoms with E-state index in [1.807, 2.05) is 30.5 Å². The van der Waals surface area contributed by atoms with Crippen molar-refractivity contribution in [1.29, 1.82) is 0 Å². The zero-order chi connectivity index (χ0) is 12.1. The molecule has 88 valence electrons. The number of halogens is 1. The minimum absolute atomic E-state index is 0.774. The molecule has 0 aliphatic rings. The molecule has 1 heterocycles. The molecule has 0 saturated heterocycles. The third-order valence-electron chi connectivity index (χ3n) is 2.07. The second-order valence-corrected chi connectivity index (χ2v) is 5.51. The van der Waals surface area contributed by atoms with Gasteiger partial charge in [-0.25, -0.2) is 9.97 Å². The number of benzene rings is 1. The Morgan fingerprint density at radius 1 is 1.29 bits per heavy atom. The maximum absolute atomic E-state index is 5.94. The molecule has 0 spiro atoms. The molecule has 0 atom stereocenters. The van der Waals surface area contributed by atoms with Crippen molar-refractivity contribution in [2.75, 3.05) is 6.26 Å². The lowest BCUT2D eigenvalue weighted by Gasteiger charge is -2.02. The van der Waals surface area contributed by atoms with Crippen LogP contribution in [0.25, 0.3) is 0 Å². The van der Waals surface area contributed by atoms with Crippen LogP contribution >= 0.6 is 35.1 Å². The van der Waals surface area contributed by atoms with Crippen LogP contribution in [0.2, 0.25) is 5.02 Å². The van der Waals surface area contributed by atoms with Crippen LogP contribution in [0.5, 0.6) is 0 Å². The average Bonchev–Trinajstić information content (AvgIpc) is 2.37. The van der Waals surface area contributed by atoms with Gasteiger partial charge in [0.25, 0.3) is 0 Å². The Kier molecular flexibility index (Phi) is 4.71. The Morgan fingerprint density at radius 3 is 2.94 bits per heavy atom. The topological polar surface area (TPSA) is 25.8 Å². The van der Waals surface area contributed by atoms with Gasteiger partial charge in [-0.1, -0.05) is 35.5 Å². The van der Waals surface area contributed by atoms with Crippen LogP contribution < -0.4 is 0 Å². The first-order valence-electron chi connectivity index (χ1n) is 5.02. The second kappa shape index (κ2) is 6.28. The second-order valence-electron chi connectivity index (χ2n) is 3.30. The number of hydrogen-bond acceptors (Lipinski definition) is 4. The highest BCUT2D eigenvalue weighted by molar-refractivity contribution is 7.99. The lowest BCUT2D eigenvalue weighted by molar-refractivity contribution is 0.893. The van der Waals surface area contributed by atoms with Crippen molar-refractivity contribution in [2.24, 2.45) is 0 Å². The van der Waals surface area contributed by atoms with Gasteiger partial charge in [0, 0.05) is 17.0 Å². The molecule has 0 saturated carbocycles. The summed E-state index contributed by atoms with van der Waals surface area (Å²) in [5, 5.41) is 2.57. The molecule has 1 aromatic heterocycles. The molecule has 0 N–H and O–H groups in total. The molecule has 2 aromatic rings. The van der Waals surface area contributed by atoms with Gasteiger partial charge in [-0.3, -0.25) is 0 Å². The first-order valence-corrected chi connectivity index (χ1v) is 7.61. The summed E-state index contributed by atoms with van der Waals surface area (Å²) in [4.78, 5) is 8.55. The number of hydrogen-bond donors (Lipinski definition) is 0. The number of nitrogens with zero attached hydrogens (tertiary/aromatic N) is 2. The van der Waals surface area contributed by atoms with Crippen molar-refractivity contribution < 1.29 is 0 Å². The maximum atomic E-state index is 5.94. The summed E-state index contributed by atoms with van der Waals surface area (Å²) in [5.74, 6) is 0.866. The monoisotopic (exact) mass is 282 g/mol. The first-order chi connectivity index (χ1) is 8.28. The zero-order valence-corrected chi connectivity index (χ0v) is 11.6. The summed E-state index contributed by atoms with van der Waals surface area (Å²) in [5.41, 5.74) is 1.20. The molecule has 1 aromatic carbocycles. The minimum atomic E-state index is 0.774. The van der Waals surface area contributed by atoms with Crippen molar-refractivity contribution in [2.45, 2.75) is 15.9 Å². The van der Waals surface area contributed by atoms with E-state index in [9.17, 15) is 0 Å². The highest BCUT2D eigenvalue weighted by Crippen LogP contribution is 2.23. The molecule has 0 aliphatic carbocycles.